The molecule has 3 N–H and O–H groups in total. The number of aromatic nitrogens is 3. The van der Waals surface area contributed by atoms with Crippen LogP contribution in [0.25, 0.3) is 11.3 Å². The Morgan fingerprint density at radius 2 is 1.91 bits per heavy atom. The summed E-state index contributed by atoms with van der Waals surface area (Å²) in [6.45, 7) is 1.94. The molecule has 2 heterocycles. The molecule has 0 atom stereocenters. The maximum absolute atomic E-state index is 12.2. The molecular formula is C24H19Cl2N7O. The van der Waals surface area contributed by atoms with Crippen LogP contribution in [0, 0.1) is 6.92 Å². The second-order valence-corrected chi connectivity index (χ2v) is 7.97. The number of urea groups is 1. The minimum atomic E-state index is -0.499. The number of benzene rings is 2. The van der Waals surface area contributed by atoms with E-state index in [1.165, 1.54) is 6.21 Å². The highest BCUT2D eigenvalue weighted by Crippen LogP contribution is 2.24. The number of rotatable bonds is 6. The Labute approximate surface area is 206 Å². The van der Waals surface area contributed by atoms with Crippen LogP contribution in [0.5, 0.6) is 0 Å². The molecule has 0 aliphatic heterocycles. The van der Waals surface area contributed by atoms with Crippen molar-refractivity contribution in [3.05, 3.63) is 94.4 Å². The van der Waals surface area contributed by atoms with Gasteiger partial charge in [0, 0.05) is 35.5 Å². The molecule has 34 heavy (non-hydrogen) atoms. The molecule has 170 valence electrons. The van der Waals surface area contributed by atoms with E-state index in [1.807, 2.05) is 31.2 Å². The van der Waals surface area contributed by atoms with Crippen LogP contribution < -0.4 is 16.1 Å². The van der Waals surface area contributed by atoms with Gasteiger partial charge in [-0.2, -0.15) is 5.10 Å². The maximum Gasteiger partial charge on any atom is 0.339 e. The number of pyridine rings is 1. The second-order valence-electron chi connectivity index (χ2n) is 7.16. The zero-order chi connectivity index (χ0) is 23.9. The molecule has 2 amide bonds. The van der Waals surface area contributed by atoms with Gasteiger partial charge in [-0.3, -0.25) is 4.98 Å². The quantitative estimate of drug-likeness (QED) is 0.225. The van der Waals surface area contributed by atoms with Crippen LogP contribution in [0.3, 0.4) is 0 Å². The number of halogens is 2. The third kappa shape index (κ3) is 6.06. The summed E-state index contributed by atoms with van der Waals surface area (Å²) in [5.74, 6) is 0.428. The molecule has 0 radical (unpaired) electrons. The molecule has 0 spiro atoms. The van der Waals surface area contributed by atoms with Gasteiger partial charge in [0.25, 0.3) is 0 Å². The third-order valence-corrected chi connectivity index (χ3v) is 5.42. The average molecular weight is 492 g/mol. The lowest BCUT2D eigenvalue weighted by Crippen LogP contribution is -2.24. The molecule has 4 rings (SSSR count). The number of hydrogen-bond acceptors (Lipinski definition) is 6. The fourth-order valence-electron chi connectivity index (χ4n) is 2.97. The minimum absolute atomic E-state index is 0.407. The number of nitrogens with zero attached hydrogens (tertiary/aromatic N) is 4. The Hall–Kier alpha value is -4.01. The largest absolute Gasteiger partial charge is 0.339 e. The van der Waals surface area contributed by atoms with E-state index in [9.17, 15) is 4.79 Å². The molecule has 0 aliphatic carbocycles. The number of amides is 2. The van der Waals surface area contributed by atoms with Gasteiger partial charge in [0.2, 0.25) is 5.95 Å². The van der Waals surface area contributed by atoms with E-state index < -0.39 is 6.03 Å². The van der Waals surface area contributed by atoms with E-state index >= 15 is 0 Å². The van der Waals surface area contributed by atoms with Gasteiger partial charge in [-0.25, -0.2) is 20.2 Å². The first kappa shape index (κ1) is 23.2. The molecule has 4 aromatic rings. The monoisotopic (exact) mass is 491 g/mol. The van der Waals surface area contributed by atoms with Crippen LogP contribution in [-0.4, -0.2) is 27.2 Å². The molecule has 0 fully saturated rings. The van der Waals surface area contributed by atoms with Gasteiger partial charge >= 0.3 is 6.03 Å². The SMILES string of the molecule is Cc1ccc(NC(=O)N/N=C/c2ccc(Cl)c(Cl)c2)cc1Nc1nccc(-c2cccnc2)n1. The van der Waals surface area contributed by atoms with Gasteiger partial charge in [0.15, 0.2) is 0 Å². The highest BCUT2D eigenvalue weighted by Gasteiger charge is 2.07. The Balaban J connectivity index is 1.41. The zero-order valence-electron chi connectivity index (χ0n) is 18.0. The van der Waals surface area contributed by atoms with Crippen molar-refractivity contribution in [2.45, 2.75) is 6.92 Å². The molecule has 0 unspecified atom stereocenters. The minimum Gasteiger partial charge on any atom is -0.324 e. The smallest absolute Gasteiger partial charge is 0.324 e. The van der Waals surface area contributed by atoms with Gasteiger partial charge in [0.1, 0.15) is 0 Å². The molecular weight excluding hydrogens is 473 g/mol. The number of aryl methyl sites for hydroxylation is 1. The van der Waals surface area contributed by atoms with E-state index in [2.05, 4.69) is 36.1 Å². The molecule has 0 saturated heterocycles. The van der Waals surface area contributed by atoms with Gasteiger partial charge in [-0.15, -0.1) is 0 Å². The standard InChI is InChI=1S/C24H19Cl2N7O/c1-15-4-6-18(30-24(34)33-29-13-16-5-7-19(25)20(26)11-16)12-22(15)32-23-28-10-8-21(31-23)17-3-2-9-27-14-17/h2-14H,1H3,(H,28,31,32)(H2,30,33,34)/b29-13+. The van der Waals surface area contributed by atoms with Crippen molar-refractivity contribution in [1.29, 1.82) is 0 Å². The first-order valence-corrected chi connectivity index (χ1v) is 10.9. The van der Waals surface area contributed by atoms with Crippen LogP contribution in [0.1, 0.15) is 11.1 Å². The Morgan fingerprint density at radius 3 is 2.71 bits per heavy atom. The third-order valence-electron chi connectivity index (χ3n) is 4.68. The van der Waals surface area contributed by atoms with Crippen molar-refractivity contribution >= 4 is 52.8 Å². The lowest BCUT2D eigenvalue weighted by atomic mass is 10.2. The van der Waals surface area contributed by atoms with Gasteiger partial charge in [-0.05, 0) is 60.5 Å². The summed E-state index contributed by atoms with van der Waals surface area (Å²) in [7, 11) is 0. The van der Waals surface area contributed by atoms with Crippen molar-refractivity contribution < 1.29 is 4.79 Å². The van der Waals surface area contributed by atoms with E-state index in [0.29, 0.717) is 27.2 Å². The van der Waals surface area contributed by atoms with E-state index in [-0.39, 0.29) is 0 Å². The van der Waals surface area contributed by atoms with Crippen molar-refractivity contribution in [3.8, 4) is 11.3 Å². The van der Waals surface area contributed by atoms with Crippen molar-refractivity contribution in [2.24, 2.45) is 5.10 Å². The number of carbonyl (C=O) groups excluding carboxylic acids is 1. The van der Waals surface area contributed by atoms with Crippen molar-refractivity contribution in [2.75, 3.05) is 10.6 Å². The second kappa shape index (κ2) is 10.7. The average Bonchev–Trinajstić information content (AvgIpc) is 2.84. The van der Waals surface area contributed by atoms with Gasteiger partial charge in [0.05, 0.1) is 22.0 Å². The maximum atomic E-state index is 12.2. The molecule has 8 nitrogen and oxygen atoms in total. The summed E-state index contributed by atoms with van der Waals surface area (Å²) in [6, 6.07) is 15.6. The first-order chi connectivity index (χ1) is 16.5. The van der Waals surface area contributed by atoms with Crippen LogP contribution in [0.15, 0.2) is 78.3 Å². The van der Waals surface area contributed by atoms with Crippen LogP contribution in [-0.2, 0) is 0 Å². The molecule has 0 bridgehead atoms. The van der Waals surface area contributed by atoms with Crippen LogP contribution in [0.4, 0.5) is 22.1 Å². The molecule has 0 saturated carbocycles. The molecule has 2 aromatic heterocycles. The van der Waals surface area contributed by atoms with Gasteiger partial charge < -0.3 is 10.6 Å². The summed E-state index contributed by atoms with van der Waals surface area (Å²) in [6.07, 6.45) is 6.59. The Morgan fingerprint density at radius 1 is 1.03 bits per heavy atom. The lowest BCUT2D eigenvalue weighted by molar-refractivity contribution is 0.252. The summed E-state index contributed by atoms with van der Waals surface area (Å²) in [5, 5.41) is 10.7. The number of anilines is 3. The van der Waals surface area contributed by atoms with E-state index in [1.54, 1.807) is 48.9 Å². The molecule has 10 heteroatoms. The number of carbonyl (C=O) groups is 1. The molecule has 2 aromatic carbocycles. The van der Waals surface area contributed by atoms with Crippen molar-refractivity contribution in [1.82, 2.24) is 20.4 Å². The zero-order valence-corrected chi connectivity index (χ0v) is 19.5. The first-order valence-electron chi connectivity index (χ1n) is 10.1. The highest BCUT2D eigenvalue weighted by molar-refractivity contribution is 6.42. The summed E-state index contributed by atoms with van der Waals surface area (Å²) >= 11 is 11.9. The predicted molar refractivity (Wildman–Crippen MR) is 136 cm³/mol. The number of hydrogen-bond donors (Lipinski definition) is 3. The summed E-state index contributed by atoms with van der Waals surface area (Å²) in [5.41, 5.74) is 7.02. The molecule has 0 aliphatic rings. The highest BCUT2D eigenvalue weighted by atomic mass is 35.5. The van der Waals surface area contributed by atoms with Crippen LogP contribution >= 0.6 is 23.2 Å². The summed E-state index contributed by atoms with van der Waals surface area (Å²) in [4.78, 5) is 25.2. The summed E-state index contributed by atoms with van der Waals surface area (Å²) < 4.78 is 0. The number of nitrogens with one attached hydrogen (secondary N) is 3. The normalized spacial score (nSPS) is 10.8. The Kier molecular flexibility index (Phi) is 7.31. The van der Waals surface area contributed by atoms with E-state index in [4.69, 9.17) is 23.2 Å². The fourth-order valence-corrected chi connectivity index (χ4v) is 3.27. The van der Waals surface area contributed by atoms with Crippen LogP contribution in [0.2, 0.25) is 10.0 Å². The fraction of sp³-hybridized carbons (Fsp3) is 0.0417. The topological polar surface area (TPSA) is 104 Å². The predicted octanol–water partition coefficient (Wildman–Crippen LogP) is 6.05. The Bertz CT molecular complexity index is 1350. The number of hydrazone groups is 1. The lowest BCUT2D eigenvalue weighted by Gasteiger charge is -2.12. The van der Waals surface area contributed by atoms with Gasteiger partial charge in [-0.1, -0.05) is 35.3 Å². The van der Waals surface area contributed by atoms with Crippen molar-refractivity contribution in [3.63, 3.8) is 0 Å². The van der Waals surface area contributed by atoms with E-state index in [0.717, 1.165) is 22.5 Å².